The smallest absolute Gasteiger partial charge is 0.104 e. The molecule has 0 atom stereocenters. The number of aromatic nitrogens is 1. The molecule has 0 amide bonds. The summed E-state index contributed by atoms with van der Waals surface area (Å²) in [5, 5.41) is 21.7. The molecule has 0 fully saturated rings. The predicted octanol–water partition coefficient (Wildman–Crippen LogP) is 23.3. The maximum atomic E-state index is 9.70. The van der Waals surface area contributed by atoms with Gasteiger partial charge in [0.05, 0.1) is 22.4 Å². The van der Waals surface area contributed by atoms with Crippen molar-refractivity contribution in [3.63, 3.8) is 0 Å². The van der Waals surface area contributed by atoms with Crippen LogP contribution in [0.1, 0.15) is 58.2 Å². The molecule has 0 aliphatic heterocycles. The first kappa shape index (κ1) is 57.6. The average molecular weight is 1170 g/mol. The van der Waals surface area contributed by atoms with Gasteiger partial charge in [0.25, 0.3) is 0 Å². The van der Waals surface area contributed by atoms with Gasteiger partial charge in [-0.1, -0.05) is 242 Å². The van der Waals surface area contributed by atoms with Crippen LogP contribution in [0.5, 0.6) is 0 Å². The molecule has 2 N–H and O–H groups in total. The first-order valence-electron chi connectivity index (χ1n) is 31.4. The molecule has 13 aromatic rings. The summed E-state index contributed by atoms with van der Waals surface area (Å²) >= 11 is 0. The number of rotatable bonds is 13. The largest absolute Gasteiger partial charge is 0.311 e. The Kier molecular flexibility index (Phi) is 15.0. The van der Waals surface area contributed by atoms with E-state index in [2.05, 4.69) is 335 Å². The second-order valence-electron chi connectivity index (χ2n) is 25.8. The minimum Gasteiger partial charge on any atom is -0.311 e. The Labute approximate surface area is 534 Å². The fourth-order valence-corrected chi connectivity index (χ4v) is 12.7. The quantitative estimate of drug-likeness (QED) is 0.113. The number of nitrogens with zero attached hydrogens (tertiary/aromatic N) is 3. The lowest BCUT2D eigenvalue weighted by Gasteiger charge is -2.30. The van der Waals surface area contributed by atoms with Gasteiger partial charge in [-0.15, -0.1) is 0 Å². The van der Waals surface area contributed by atoms with Crippen LogP contribution in [-0.4, -0.2) is 16.0 Å². The molecule has 440 valence electrons. The number of allylic oxidation sites excluding steroid dienone is 4. The van der Waals surface area contributed by atoms with E-state index in [1.165, 1.54) is 44.2 Å². The predicted molar refractivity (Wildman–Crippen MR) is 387 cm³/mol. The number of benzene rings is 12. The van der Waals surface area contributed by atoms with E-state index < -0.39 is 0 Å². The van der Waals surface area contributed by atoms with Crippen LogP contribution in [0.4, 0.5) is 28.4 Å². The molecular formula is C86H71N5. The zero-order valence-electron chi connectivity index (χ0n) is 52.3. The highest BCUT2D eigenvalue weighted by Crippen LogP contribution is 2.42. The fourth-order valence-electron chi connectivity index (χ4n) is 12.7. The van der Waals surface area contributed by atoms with Gasteiger partial charge in [0, 0.05) is 50.5 Å². The Bertz CT molecular complexity index is 4670. The molecule has 1 aliphatic carbocycles. The van der Waals surface area contributed by atoms with Crippen LogP contribution < -0.4 is 9.80 Å². The molecule has 0 saturated carbocycles. The van der Waals surface area contributed by atoms with Crippen LogP contribution >= 0.6 is 0 Å². The van der Waals surface area contributed by atoms with Gasteiger partial charge in [-0.3, -0.25) is 10.8 Å². The molecule has 1 aromatic heterocycles. The molecule has 0 radical (unpaired) electrons. The van der Waals surface area contributed by atoms with Gasteiger partial charge in [0.2, 0.25) is 0 Å². The lowest BCUT2D eigenvalue weighted by atomic mass is 9.86. The SMILES string of the molecule is CC(C)(C)c1ccc(N(c2ccc(-c3ccc(N(C4=CC=C(c5ccc(-n6c7ccc(-c8ccc(-c9ccccc9)cc8)cc7c7cc(-c8ccc(-c9ccccc9)cc8)ccc76)cc5)C(=N)C4=N)c4ccccc4)cc3)cc2)c2ccc(C(C)(C)C)cc2)cc1. The number of hydrogen-bond donors (Lipinski definition) is 2. The highest BCUT2D eigenvalue weighted by atomic mass is 15.2. The van der Waals surface area contributed by atoms with Crippen LogP contribution in [-0.2, 0) is 10.8 Å². The van der Waals surface area contributed by atoms with Gasteiger partial charge < -0.3 is 14.4 Å². The van der Waals surface area contributed by atoms with Gasteiger partial charge >= 0.3 is 0 Å². The number of hydrogen-bond acceptors (Lipinski definition) is 4. The van der Waals surface area contributed by atoms with Crippen LogP contribution in [0.2, 0.25) is 0 Å². The van der Waals surface area contributed by atoms with E-state index in [1.54, 1.807) is 0 Å². The van der Waals surface area contributed by atoms with Crippen LogP contribution in [0, 0.1) is 10.8 Å². The van der Waals surface area contributed by atoms with Crippen LogP contribution in [0.25, 0.3) is 88.7 Å². The minimum atomic E-state index is 0.0516. The van der Waals surface area contributed by atoms with E-state index in [1.807, 2.05) is 30.4 Å². The summed E-state index contributed by atoms with van der Waals surface area (Å²) in [6.45, 7) is 13.5. The second-order valence-corrected chi connectivity index (χ2v) is 25.8. The third kappa shape index (κ3) is 11.4. The molecule has 5 nitrogen and oxygen atoms in total. The van der Waals surface area contributed by atoms with E-state index in [0.717, 1.165) is 84.1 Å². The van der Waals surface area contributed by atoms with Gasteiger partial charge in [-0.2, -0.15) is 0 Å². The maximum absolute atomic E-state index is 9.70. The molecule has 0 spiro atoms. The van der Waals surface area contributed by atoms with E-state index in [4.69, 9.17) is 0 Å². The summed E-state index contributed by atoms with van der Waals surface area (Å²) in [6.07, 6.45) is 3.99. The highest BCUT2D eigenvalue weighted by Gasteiger charge is 2.27. The van der Waals surface area contributed by atoms with Crippen molar-refractivity contribution >= 4 is 67.2 Å². The molecule has 1 aliphatic rings. The van der Waals surface area contributed by atoms with E-state index in [-0.39, 0.29) is 22.3 Å². The zero-order valence-corrected chi connectivity index (χ0v) is 52.3. The van der Waals surface area contributed by atoms with Gasteiger partial charge in [0.1, 0.15) is 5.71 Å². The monoisotopic (exact) mass is 1170 g/mol. The summed E-state index contributed by atoms with van der Waals surface area (Å²) in [4.78, 5) is 4.42. The van der Waals surface area contributed by atoms with Crippen molar-refractivity contribution in [2.75, 3.05) is 9.80 Å². The van der Waals surface area contributed by atoms with Crippen molar-refractivity contribution in [2.45, 2.75) is 52.4 Å². The highest BCUT2D eigenvalue weighted by molar-refractivity contribution is 6.61. The zero-order chi connectivity index (χ0) is 62.4. The van der Waals surface area contributed by atoms with Crippen molar-refractivity contribution < 1.29 is 0 Å². The Hall–Kier alpha value is -11.1. The minimum absolute atomic E-state index is 0.0516. The molecule has 5 heteroatoms. The average Bonchev–Trinajstić information content (AvgIpc) is 1.92. The van der Waals surface area contributed by atoms with E-state index in [9.17, 15) is 10.8 Å². The molecule has 12 aromatic carbocycles. The topological polar surface area (TPSA) is 59.1 Å². The molecule has 0 bridgehead atoms. The number of fused-ring (bicyclic) bond motifs is 3. The van der Waals surface area contributed by atoms with Crippen molar-refractivity contribution in [1.82, 2.24) is 4.57 Å². The van der Waals surface area contributed by atoms with Crippen LogP contribution in [0.15, 0.2) is 315 Å². The Balaban J connectivity index is 0.763. The van der Waals surface area contributed by atoms with E-state index >= 15 is 0 Å². The van der Waals surface area contributed by atoms with Crippen molar-refractivity contribution in [2.24, 2.45) is 0 Å². The van der Waals surface area contributed by atoms with Gasteiger partial charge in [0.15, 0.2) is 0 Å². The molecule has 1 heterocycles. The number of anilines is 5. The first-order chi connectivity index (χ1) is 44.2. The Morgan fingerprint density at radius 1 is 0.275 bits per heavy atom. The molecular weight excluding hydrogens is 1100 g/mol. The lowest BCUT2D eigenvalue weighted by Crippen LogP contribution is -2.29. The van der Waals surface area contributed by atoms with E-state index in [0.29, 0.717) is 11.3 Å². The first-order valence-corrected chi connectivity index (χ1v) is 31.4. The van der Waals surface area contributed by atoms with Gasteiger partial charge in [-0.25, -0.2) is 0 Å². The van der Waals surface area contributed by atoms with Crippen molar-refractivity contribution in [1.29, 1.82) is 10.8 Å². The lowest BCUT2D eigenvalue weighted by molar-refractivity contribution is 0.590. The summed E-state index contributed by atoms with van der Waals surface area (Å²) < 4.78 is 2.35. The maximum Gasteiger partial charge on any atom is 0.104 e. The Morgan fingerprint density at radius 3 is 0.978 bits per heavy atom. The van der Waals surface area contributed by atoms with Crippen molar-refractivity contribution in [3.05, 3.63) is 332 Å². The summed E-state index contributed by atoms with van der Waals surface area (Å²) in [6, 6.07) is 106. The third-order valence-electron chi connectivity index (χ3n) is 17.9. The molecule has 14 rings (SSSR count). The normalized spacial score (nSPS) is 12.7. The molecule has 91 heavy (non-hydrogen) atoms. The molecule has 0 saturated heterocycles. The standard InChI is InChI=1S/C86H71N5/c1-85(2,3)69-38-48-73(49-39-69)89(74-50-40-70(41-51-74)86(4,5)6)72-42-30-62(31-43-72)63-32-44-75(45-33-63)90(71-20-14-9-15-21-71)82-55-52-77(83(87)84(82)88)66-34-46-76(47-35-66)91-80-53-36-67(64-26-22-60(23-27-64)58-16-10-7-11-17-58)56-78(80)79-57-68(37-54-81(79)91)65-28-24-61(25-29-65)59-18-12-8-13-19-59/h7-57,87-88H,1-6H3. The fraction of sp³-hybridized carbons (Fsp3) is 0.0930. The number of para-hydroxylation sites is 1. The van der Waals surface area contributed by atoms with Crippen molar-refractivity contribution in [3.8, 4) is 61.3 Å². The summed E-state index contributed by atoms with van der Waals surface area (Å²) in [5.74, 6) is 0. The third-order valence-corrected chi connectivity index (χ3v) is 17.9. The Morgan fingerprint density at radius 2 is 0.582 bits per heavy atom. The van der Waals surface area contributed by atoms with Gasteiger partial charge in [-0.05, 0) is 192 Å². The van der Waals surface area contributed by atoms with Crippen LogP contribution in [0.3, 0.4) is 0 Å². The summed E-state index contributed by atoms with van der Waals surface area (Å²) in [7, 11) is 0. The number of nitrogens with one attached hydrogen (secondary N) is 2. The second kappa shape index (κ2) is 23.8. The summed E-state index contributed by atoms with van der Waals surface area (Å²) in [5.41, 5.74) is 25.1. The molecule has 0 unspecified atom stereocenters.